The van der Waals surface area contributed by atoms with Crippen LogP contribution in [0.2, 0.25) is 0 Å². The molecule has 1 nitrogen and oxygen atoms in total. The third kappa shape index (κ3) is 3.67. The molecule has 0 amide bonds. The van der Waals surface area contributed by atoms with E-state index in [1.165, 1.54) is 35.1 Å². The molecule has 1 heteroatoms. The SMILES string of the molecule is Cc1cc(C)c(CCC[C@@H](C)N)c(C)c1. The van der Waals surface area contributed by atoms with Crippen LogP contribution in [-0.4, -0.2) is 6.04 Å². The Kier molecular flexibility index (Phi) is 4.34. The average molecular weight is 205 g/mol. The lowest BCUT2D eigenvalue weighted by Gasteiger charge is -2.12. The van der Waals surface area contributed by atoms with Crippen molar-refractivity contribution in [3.8, 4) is 0 Å². The Labute approximate surface area is 93.7 Å². The van der Waals surface area contributed by atoms with Crippen molar-refractivity contribution in [3.05, 3.63) is 34.4 Å². The van der Waals surface area contributed by atoms with Crippen molar-refractivity contribution < 1.29 is 0 Å². The van der Waals surface area contributed by atoms with Crippen molar-refractivity contribution >= 4 is 0 Å². The van der Waals surface area contributed by atoms with Gasteiger partial charge in [0.05, 0.1) is 0 Å². The molecule has 0 spiro atoms. The zero-order chi connectivity index (χ0) is 11.4. The van der Waals surface area contributed by atoms with E-state index in [0.29, 0.717) is 6.04 Å². The van der Waals surface area contributed by atoms with Gasteiger partial charge in [-0.25, -0.2) is 0 Å². The van der Waals surface area contributed by atoms with Gasteiger partial charge >= 0.3 is 0 Å². The summed E-state index contributed by atoms with van der Waals surface area (Å²) in [5.74, 6) is 0. The fourth-order valence-corrected chi connectivity index (χ4v) is 2.21. The van der Waals surface area contributed by atoms with Gasteiger partial charge in [-0.15, -0.1) is 0 Å². The maximum Gasteiger partial charge on any atom is 0.00105 e. The molecule has 0 saturated heterocycles. The van der Waals surface area contributed by atoms with E-state index in [1.54, 1.807) is 0 Å². The van der Waals surface area contributed by atoms with Crippen molar-refractivity contribution in [2.24, 2.45) is 5.73 Å². The van der Waals surface area contributed by atoms with Gasteiger partial charge in [0.2, 0.25) is 0 Å². The van der Waals surface area contributed by atoms with E-state index >= 15 is 0 Å². The Hall–Kier alpha value is -0.820. The number of nitrogens with two attached hydrogens (primary N) is 1. The molecule has 15 heavy (non-hydrogen) atoms. The summed E-state index contributed by atoms with van der Waals surface area (Å²) in [6.45, 7) is 8.66. The molecule has 84 valence electrons. The maximum atomic E-state index is 5.76. The van der Waals surface area contributed by atoms with E-state index in [2.05, 4.69) is 39.8 Å². The second-order valence-electron chi connectivity index (χ2n) is 4.75. The zero-order valence-corrected chi connectivity index (χ0v) is 10.4. The van der Waals surface area contributed by atoms with E-state index in [9.17, 15) is 0 Å². The molecule has 0 aliphatic heterocycles. The molecule has 0 aliphatic rings. The van der Waals surface area contributed by atoms with Crippen molar-refractivity contribution in [2.45, 2.75) is 53.0 Å². The van der Waals surface area contributed by atoms with Crippen LogP contribution in [0.1, 0.15) is 42.0 Å². The summed E-state index contributed by atoms with van der Waals surface area (Å²) in [7, 11) is 0. The summed E-state index contributed by atoms with van der Waals surface area (Å²) in [5.41, 5.74) is 11.5. The number of benzene rings is 1. The fraction of sp³-hybridized carbons (Fsp3) is 0.571. The molecular weight excluding hydrogens is 182 g/mol. The van der Waals surface area contributed by atoms with Gasteiger partial charge in [0.1, 0.15) is 0 Å². The smallest absolute Gasteiger partial charge is 0.00105 e. The third-order valence-electron chi connectivity index (χ3n) is 2.93. The molecule has 0 unspecified atom stereocenters. The lowest BCUT2D eigenvalue weighted by molar-refractivity contribution is 0.622. The Morgan fingerprint density at radius 2 is 1.67 bits per heavy atom. The first-order valence-electron chi connectivity index (χ1n) is 5.83. The van der Waals surface area contributed by atoms with Crippen molar-refractivity contribution in [1.29, 1.82) is 0 Å². The molecular formula is C14H23N. The van der Waals surface area contributed by atoms with Crippen LogP contribution in [0.5, 0.6) is 0 Å². The normalized spacial score (nSPS) is 12.9. The number of hydrogen-bond acceptors (Lipinski definition) is 1. The second-order valence-corrected chi connectivity index (χ2v) is 4.75. The Morgan fingerprint density at radius 1 is 1.13 bits per heavy atom. The van der Waals surface area contributed by atoms with Gasteiger partial charge in [0, 0.05) is 6.04 Å². The van der Waals surface area contributed by atoms with Crippen LogP contribution in [0.3, 0.4) is 0 Å². The first kappa shape index (κ1) is 12.3. The lowest BCUT2D eigenvalue weighted by Crippen LogP contribution is -2.14. The number of aryl methyl sites for hydroxylation is 3. The largest absolute Gasteiger partial charge is 0.328 e. The van der Waals surface area contributed by atoms with E-state index in [1.807, 2.05) is 0 Å². The third-order valence-corrected chi connectivity index (χ3v) is 2.93. The highest BCUT2D eigenvalue weighted by atomic mass is 14.6. The second kappa shape index (κ2) is 5.32. The van der Waals surface area contributed by atoms with Crippen LogP contribution in [0.25, 0.3) is 0 Å². The molecule has 0 aliphatic carbocycles. The highest BCUT2D eigenvalue weighted by Gasteiger charge is 2.04. The molecule has 0 bridgehead atoms. The molecule has 1 rings (SSSR count). The standard InChI is InChI=1S/C14H23N/c1-10-8-11(2)14(12(3)9-10)7-5-6-13(4)15/h8-9,13H,5-7,15H2,1-4H3/t13-/m1/s1. The Balaban J connectivity index is 2.68. The molecule has 0 fully saturated rings. The quantitative estimate of drug-likeness (QED) is 0.802. The first-order chi connectivity index (χ1) is 7.00. The predicted octanol–water partition coefficient (Wildman–Crippen LogP) is 3.28. The highest BCUT2D eigenvalue weighted by Crippen LogP contribution is 2.18. The molecule has 0 heterocycles. The summed E-state index contributed by atoms with van der Waals surface area (Å²) in [6, 6.07) is 4.87. The summed E-state index contributed by atoms with van der Waals surface area (Å²) < 4.78 is 0. The molecule has 1 atom stereocenters. The predicted molar refractivity (Wildman–Crippen MR) is 67.2 cm³/mol. The summed E-state index contributed by atoms with van der Waals surface area (Å²) in [6.07, 6.45) is 3.48. The van der Waals surface area contributed by atoms with E-state index in [4.69, 9.17) is 5.73 Å². The average Bonchev–Trinajstić information content (AvgIpc) is 2.08. The minimum absolute atomic E-state index is 0.330. The van der Waals surface area contributed by atoms with Crippen LogP contribution >= 0.6 is 0 Å². The maximum absolute atomic E-state index is 5.76. The van der Waals surface area contributed by atoms with Crippen LogP contribution in [-0.2, 0) is 6.42 Å². The molecule has 2 N–H and O–H groups in total. The van der Waals surface area contributed by atoms with Gasteiger partial charge in [-0.1, -0.05) is 17.7 Å². The summed E-state index contributed by atoms with van der Waals surface area (Å²) in [4.78, 5) is 0. The minimum atomic E-state index is 0.330. The van der Waals surface area contributed by atoms with Crippen LogP contribution in [0.4, 0.5) is 0 Å². The van der Waals surface area contributed by atoms with Crippen molar-refractivity contribution in [2.75, 3.05) is 0 Å². The highest BCUT2D eigenvalue weighted by molar-refractivity contribution is 5.37. The van der Waals surface area contributed by atoms with Crippen LogP contribution < -0.4 is 5.73 Å². The van der Waals surface area contributed by atoms with E-state index in [-0.39, 0.29) is 0 Å². The summed E-state index contributed by atoms with van der Waals surface area (Å²) in [5, 5.41) is 0. The fourth-order valence-electron chi connectivity index (χ4n) is 2.21. The monoisotopic (exact) mass is 205 g/mol. The molecule has 0 aromatic heterocycles. The Morgan fingerprint density at radius 3 is 2.13 bits per heavy atom. The minimum Gasteiger partial charge on any atom is -0.328 e. The topological polar surface area (TPSA) is 26.0 Å². The van der Waals surface area contributed by atoms with Gasteiger partial charge < -0.3 is 5.73 Å². The van der Waals surface area contributed by atoms with Gasteiger partial charge in [-0.05, 0) is 63.6 Å². The van der Waals surface area contributed by atoms with Crippen molar-refractivity contribution in [3.63, 3.8) is 0 Å². The number of hydrogen-bond donors (Lipinski definition) is 1. The van der Waals surface area contributed by atoms with Gasteiger partial charge in [0.25, 0.3) is 0 Å². The lowest BCUT2D eigenvalue weighted by atomic mass is 9.95. The molecule has 1 aromatic rings. The molecule has 1 aromatic carbocycles. The zero-order valence-electron chi connectivity index (χ0n) is 10.4. The van der Waals surface area contributed by atoms with Crippen LogP contribution in [0.15, 0.2) is 12.1 Å². The Bertz CT molecular complexity index is 303. The first-order valence-corrected chi connectivity index (χ1v) is 5.83. The van der Waals surface area contributed by atoms with Crippen LogP contribution in [0, 0.1) is 20.8 Å². The van der Waals surface area contributed by atoms with Gasteiger partial charge in [-0.3, -0.25) is 0 Å². The molecule has 0 saturated carbocycles. The van der Waals surface area contributed by atoms with E-state index in [0.717, 1.165) is 6.42 Å². The van der Waals surface area contributed by atoms with E-state index < -0.39 is 0 Å². The number of rotatable bonds is 4. The van der Waals surface area contributed by atoms with Gasteiger partial charge in [0.15, 0.2) is 0 Å². The van der Waals surface area contributed by atoms with Crippen molar-refractivity contribution in [1.82, 2.24) is 0 Å². The summed E-state index contributed by atoms with van der Waals surface area (Å²) >= 11 is 0. The van der Waals surface area contributed by atoms with Gasteiger partial charge in [-0.2, -0.15) is 0 Å². The molecule has 0 radical (unpaired) electrons.